The van der Waals surface area contributed by atoms with E-state index in [9.17, 15) is 43.1 Å². The second-order valence-electron chi connectivity index (χ2n) is 7.54. The van der Waals surface area contributed by atoms with Crippen LogP contribution in [0.15, 0.2) is 18.2 Å². The molecule has 0 saturated carbocycles. The van der Waals surface area contributed by atoms with Crippen LogP contribution in [-0.4, -0.2) is 50.3 Å². The highest BCUT2D eigenvalue weighted by Crippen LogP contribution is 2.38. The second kappa shape index (κ2) is 9.79. The third-order valence-electron chi connectivity index (χ3n) is 5.04. The number of ether oxygens (including phenoxy) is 2. The normalized spacial score (nSPS) is 15.3. The average Bonchev–Trinajstić information content (AvgIpc) is 3.26. The van der Waals surface area contributed by atoms with Crippen LogP contribution >= 0.6 is 0 Å². The summed E-state index contributed by atoms with van der Waals surface area (Å²) in [5, 5.41) is 32.9. The van der Waals surface area contributed by atoms with Gasteiger partial charge in [-0.3, -0.25) is 19.7 Å². The predicted molar refractivity (Wildman–Crippen MR) is 110 cm³/mol. The molecule has 12 nitrogen and oxygen atoms in total. The number of nitrogens with zero attached hydrogens (tertiary/aromatic N) is 3. The number of aromatic nitrogens is 2. The van der Waals surface area contributed by atoms with Gasteiger partial charge in [-0.1, -0.05) is 0 Å². The lowest BCUT2D eigenvalue weighted by Crippen LogP contribution is -2.26. The molecule has 3 N–H and O–H groups in total. The molecule has 2 aromatic rings. The van der Waals surface area contributed by atoms with Gasteiger partial charge in [-0.15, -0.1) is 0 Å². The third kappa shape index (κ3) is 5.63. The summed E-state index contributed by atoms with van der Waals surface area (Å²) in [6.07, 6.45) is -6.11. The molecule has 0 amide bonds. The van der Waals surface area contributed by atoms with Crippen LogP contribution in [0.3, 0.4) is 0 Å². The summed E-state index contributed by atoms with van der Waals surface area (Å²) in [6, 6.07) is 1.03. The monoisotopic (exact) mass is 500 g/mol. The van der Waals surface area contributed by atoms with Gasteiger partial charge in [0.2, 0.25) is 0 Å². The van der Waals surface area contributed by atoms with E-state index < -0.39 is 58.2 Å². The molecule has 1 unspecified atom stereocenters. The number of halogens is 3. The van der Waals surface area contributed by atoms with E-state index in [2.05, 4.69) is 15.3 Å². The van der Waals surface area contributed by atoms with Crippen LogP contribution in [0.25, 0.3) is 0 Å². The number of anilines is 1. The van der Waals surface area contributed by atoms with Crippen molar-refractivity contribution in [2.45, 2.75) is 38.3 Å². The predicted octanol–water partition coefficient (Wildman–Crippen LogP) is 3.18. The van der Waals surface area contributed by atoms with Crippen molar-refractivity contribution in [2.24, 2.45) is 0 Å². The minimum atomic E-state index is -4.86. The smallest absolute Gasteiger partial charge is 0.416 e. The van der Waals surface area contributed by atoms with Crippen LogP contribution in [0.4, 0.5) is 24.7 Å². The lowest BCUT2D eigenvalue weighted by molar-refractivity contribution is -0.385. The standard InChI is InChI=1S/C20H19F3N4O8/c1-8(10-5-11(20(21,22)23)7-12(6-10)27(32)33)24-16-13(19-34-3-4-35-19)15(25-9(2)26-16)14(17(28)29)18(30)31/h5-8,14,19H,3-4H2,1-2H3,(H,28,29)(H,30,31)(H,24,25,26). The number of carboxylic acid groups (broad SMARTS) is 2. The van der Waals surface area contributed by atoms with E-state index in [-0.39, 0.29) is 36.0 Å². The summed E-state index contributed by atoms with van der Waals surface area (Å²) >= 11 is 0. The molecule has 0 radical (unpaired) electrons. The molecule has 1 atom stereocenters. The zero-order chi connectivity index (χ0) is 26.1. The van der Waals surface area contributed by atoms with Crippen molar-refractivity contribution < 1.29 is 47.4 Å². The summed E-state index contributed by atoms with van der Waals surface area (Å²) in [4.78, 5) is 41.7. The first kappa shape index (κ1) is 25.8. The van der Waals surface area contributed by atoms with Crippen molar-refractivity contribution >= 4 is 23.4 Å². The van der Waals surface area contributed by atoms with Crippen LogP contribution in [0, 0.1) is 17.0 Å². The van der Waals surface area contributed by atoms with Crippen molar-refractivity contribution in [2.75, 3.05) is 18.5 Å². The van der Waals surface area contributed by atoms with Crippen LogP contribution in [0.5, 0.6) is 0 Å². The molecular formula is C20H19F3N4O8. The van der Waals surface area contributed by atoms with E-state index in [4.69, 9.17) is 9.47 Å². The van der Waals surface area contributed by atoms with Gasteiger partial charge in [0.25, 0.3) is 5.69 Å². The highest BCUT2D eigenvalue weighted by atomic mass is 19.4. The van der Waals surface area contributed by atoms with E-state index in [1.54, 1.807) is 0 Å². The fourth-order valence-electron chi connectivity index (χ4n) is 3.47. The molecule has 35 heavy (non-hydrogen) atoms. The van der Waals surface area contributed by atoms with Crippen LogP contribution < -0.4 is 5.32 Å². The van der Waals surface area contributed by atoms with E-state index in [0.29, 0.717) is 6.07 Å². The fraction of sp³-hybridized carbons (Fsp3) is 0.400. The minimum Gasteiger partial charge on any atom is -0.480 e. The molecule has 188 valence electrons. The number of alkyl halides is 3. The molecule has 1 aromatic carbocycles. The molecule has 0 aliphatic carbocycles. The van der Waals surface area contributed by atoms with Crippen molar-refractivity contribution in [3.63, 3.8) is 0 Å². The van der Waals surface area contributed by atoms with Crippen molar-refractivity contribution in [1.82, 2.24) is 9.97 Å². The largest absolute Gasteiger partial charge is 0.480 e. The van der Waals surface area contributed by atoms with Gasteiger partial charge in [-0.2, -0.15) is 13.2 Å². The molecule has 1 aliphatic rings. The number of aryl methyl sites for hydroxylation is 1. The summed E-state index contributed by atoms with van der Waals surface area (Å²) in [6.45, 7) is 2.94. The van der Waals surface area contributed by atoms with Gasteiger partial charge in [-0.25, -0.2) is 9.97 Å². The van der Waals surface area contributed by atoms with Crippen molar-refractivity contribution in [3.05, 3.63) is 56.5 Å². The average molecular weight is 500 g/mol. The van der Waals surface area contributed by atoms with E-state index in [0.717, 1.165) is 12.1 Å². The first-order chi connectivity index (χ1) is 16.3. The number of nitro benzene ring substituents is 1. The van der Waals surface area contributed by atoms with Crippen LogP contribution in [0.1, 0.15) is 53.4 Å². The van der Waals surface area contributed by atoms with Gasteiger partial charge in [0, 0.05) is 12.1 Å². The zero-order valence-corrected chi connectivity index (χ0v) is 18.2. The second-order valence-corrected chi connectivity index (χ2v) is 7.54. The first-order valence-corrected chi connectivity index (χ1v) is 10.00. The number of carboxylic acids is 2. The first-order valence-electron chi connectivity index (χ1n) is 10.00. The number of non-ortho nitro benzene ring substituents is 1. The Hall–Kier alpha value is -3.85. The van der Waals surface area contributed by atoms with Gasteiger partial charge in [0.15, 0.2) is 12.2 Å². The summed E-state index contributed by atoms with van der Waals surface area (Å²) < 4.78 is 50.7. The minimum absolute atomic E-state index is 0.0426. The number of benzene rings is 1. The van der Waals surface area contributed by atoms with E-state index in [1.165, 1.54) is 13.8 Å². The summed E-state index contributed by atoms with van der Waals surface area (Å²) in [5.74, 6) is -5.76. The molecule has 1 aromatic heterocycles. The number of nitro groups is 1. The van der Waals surface area contributed by atoms with Gasteiger partial charge >= 0.3 is 18.1 Å². The summed E-state index contributed by atoms with van der Waals surface area (Å²) in [7, 11) is 0. The Labute approximate surface area is 194 Å². The molecule has 0 spiro atoms. The molecular weight excluding hydrogens is 481 g/mol. The molecule has 1 aliphatic heterocycles. The van der Waals surface area contributed by atoms with E-state index in [1.807, 2.05) is 0 Å². The van der Waals surface area contributed by atoms with Crippen molar-refractivity contribution in [3.8, 4) is 0 Å². The maximum atomic E-state index is 13.3. The van der Waals surface area contributed by atoms with E-state index >= 15 is 0 Å². The Morgan fingerprint density at radius 1 is 1.17 bits per heavy atom. The lowest BCUT2D eigenvalue weighted by Gasteiger charge is -2.23. The molecule has 2 heterocycles. The maximum absolute atomic E-state index is 13.3. The number of hydrogen-bond donors (Lipinski definition) is 3. The Morgan fingerprint density at radius 2 is 1.77 bits per heavy atom. The van der Waals surface area contributed by atoms with Gasteiger partial charge in [0.1, 0.15) is 11.6 Å². The van der Waals surface area contributed by atoms with Crippen LogP contribution in [0.2, 0.25) is 0 Å². The molecule has 1 fully saturated rings. The Morgan fingerprint density at radius 3 is 2.29 bits per heavy atom. The van der Waals surface area contributed by atoms with Gasteiger partial charge in [0.05, 0.1) is 41.0 Å². The Kier molecular flexibility index (Phi) is 7.21. The SMILES string of the molecule is Cc1nc(NC(C)c2cc([N+](=O)[O-])cc(C(F)(F)F)c2)c(C2OCCO2)c(C(C(=O)O)C(=O)O)n1. The summed E-state index contributed by atoms with van der Waals surface area (Å²) in [5.41, 5.74) is -2.75. The molecule has 3 rings (SSSR count). The molecule has 0 bridgehead atoms. The molecule has 1 saturated heterocycles. The highest BCUT2D eigenvalue weighted by molar-refractivity contribution is 5.99. The topological polar surface area (TPSA) is 174 Å². The van der Waals surface area contributed by atoms with Crippen molar-refractivity contribution in [1.29, 1.82) is 0 Å². The van der Waals surface area contributed by atoms with Gasteiger partial charge < -0.3 is 25.0 Å². The number of hydrogen-bond acceptors (Lipinski definition) is 9. The molecule has 15 heteroatoms. The number of aliphatic carboxylic acids is 2. The third-order valence-corrected chi connectivity index (χ3v) is 5.04. The Balaban J connectivity index is 2.14. The zero-order valence-electron chi connectivity index (χ0n) is 18.2. The van der Waals surface area contributed by atoms with Crippen LogP contribution in [-0.2, 0) is 25.2 Å². The highest BCUT2D eigenvalue weighted by Gasteiger charge is 2.38. The quantitative estimate of drug-likeness (QED) is 0.276. The number of nitrogens with one attached hydrogen (secondary N) is 1. The number of rotatable bonds is 8. The van der Waals surface area contributed by atoms with Gasteiger partial charge in [-0.05, 0) is 25.5 Å². The fourth-order valence-corrected chi connectivity index (χ4v) is 3.47. The number of carbonyl (C=O) groups is 2. The lowest BCUT2D eigenvalue weighted by atomic mass is 9.99. The Bertz CT molecular complexity index is 1150. The maximum Gasteiger partial charge on any atom is 0.416 e.